The summed E-state index contributed by atoms with van der Waals surface area (Å²) in [6.07, 6.45) is 0.840. The lowest BCUT2D eigenvalue weighted by Crippen LogP contribution is -2.42. The molecule has 0 spiro atoms. The molecule has 2 aromatic carbocycles. The zero-order chi connectivity index (χ0) is 20.7. The lowest BCUT2D eigenvalue weighted by molar-refractivity contribution is -0.114. The molecule has 0 aliphatic heterocycles. The van der Waals surface area contributed by atoms with E-state index < -0.39 is 0 Å². The van der Waals surface area contributed by atoms with Crippen molar-refractivity contribution < 1.29 is 14.3 Å². The molecule has 0 bridgehead atoms. The molecular formula is C21H26ClN3O3. The van der Waals surface area contributed by atoms with Crippen LogP contribution in [0.1, 0.15) is 37.6 Å². The van der Waals surface area contributed by atoms with Crippen LogP contribution in [0.2, 0.25) is 5.02 Å². The van der Waals surface area contributed by atoms with E-state index in [4.69, 9.17) is 16.3 Å². The quantitative estimate of drug-likeness (QED) is 0.613. The Morgan fingerprint density at radius 1 is 1.07 bits per heavy atom. The summed E-state index contributed by atoms with van der Waals surface area (Å²) in [4.78, 5) is 24.4. The highest BCUT2D eigenvalue weighted by atomic mass is 35.5. The molecule has 0 saturated carbocycles. The fraction of sp³-hybridized carbons (Fsp3) is 0.333. The number of halogens is 1. The molecule has 0 aliphatic carbocycles. The number of benzene rings is 2. The fourth-order valence-electron chi connectivity index (χ4n) is 2.34. The monoisotopic (exact) mass is 403 g/mol. The van der Waals surface area contributed by atoms with Gasteiger partial charge in [0.15, 0.2) is 0 Å². The molecule has 0 radical (unpaired) electrons. The van der Waals surface area contributed by atoms with Gasteiger partial charge >= 0.3 is 0 Å². The van der Waals surface area contributed by atoms with E-state index in [0.29, 0.717) is 22.0 Å². The van der Waals surface area contributed by atoms with E-state index in [-0.39, 0.29) is 23.9 Å². The van der Waals surface area contributed by atoms with Crippen LogP contribution >= 0.6 is 11.6 Å². The van der Waals surface area contributed by atoms with Gasteiger partial charge in [-0.3, -0.25) is 9.59 Å². The Labute approximate surface area is 170 Å². The van der Waals surface area contributed by atoms with Crippen LogP contribution in [0.3, 0.4) is 0 Å². The predicted molar refractivity (Wildman–Crippen MR) is 113 cm³/mol. The molecule has 0 aromatic heterocycles. The Balaban J connectivity index is 1.88. The largest absolute Gasteiger partial charge is 0.495 e. The van der Waals surface area contributed by atoms with Gasteiger partial charge in [0.1, 0.15) is 5.75 Å². The van der Waals surface area contributed by atoms with Gasteiger partial charge < -0.3 is 20.7 Å². The van der Waals surface area contributed by atoms with E-state index in [2.05, 4.69) is 16.0 Å². The number of carbonyl (C=O) groups excluding carboxylic acids is 2. The van der Waals surface area contributed by atoms with E-state index in [1.165, 1.54) is 7.11 Å². The van der Waals surface area contributed by atoms with Crippen LogP contribution in [0.5, 0.6) is 5.75 Å². The zero-order valence-corrected chi connectivity index (χ0v) is 17.3. The van der Waals surface area contributed by atoms with E-state index in [1.54, 1.807) is 42.5 Å². The summed E-state index contributed by atoms with van der Waals surface area (Å²) in [5.74, 6) is 0.213. The Morgan fingerprint density at radius 2 is 1.71 bits per heavy atom. The van der Waals surface area contributed by atoms with Crippen molar-refractivity contribution in [3.63, 3.8) is 0 Å². The first-order chi connectivity index (χ1) is 13.2. The number of carbonyl (C=O) groups is 2. The number of rotatable bonds is 8. The number of methoxy groups -OCH3 is 1. The van der Waals surface area contributed by atoms with Crippen molar-refractivity contribution in [2.75, 3.05) is 24.3 Å². The van der Waals surface area contributed by atoms with Crippen molar-refractivity contribution in [2.24, 2.45) is 0 Å². The Hall–Kier alpha value is -2.73. The van der Waals surface area contributed by atoms with Crippen LogP contribution in [0.4, 0.5) is 11.4 Å². The predicted octanol–water partition coefficient (Wildman–Crippen LogP) is 4.32. The summed E-state index contributed by atoms with van der Waals surface area (Å²) in [7, 11) is 1.53. The van der Waals surface area contributed by atoms with E-state index in [0.717, 1.165) is 12.1 Å². The SMILES string of the molecule is CCC(C)(C)NC(=O)c1ccc(NCC(=O)Nc2ccc(OC)c(Cl)c2)cc1. The van der Waals surface area contributed by atoms with Crippen LogP contribution in [0, 0.1) is 0 Å². The van der Waals surface area contributed by atoms with Crippen LogP contribution in [-0.4, -0.2) is 31.0 Å². The van der Waals surface area contributed by atoms with E-state index >= 15 is 0 Å². The minimum Gasteiger partial charge on any atom is -0.495 e. The third-order valence-electron chi connectivity index (χ3n) is 4.37. The summed E-state index contributed by atoms with van der Waals surface area (Å²) in [6, 6.07) is 12.0. The maximum absolute atomic E-state index is 12.3. The Morgan fingerprint density at radius 3 is 2.29 bits per heavy atom. The number of anilines is 2. The highest BCUT2D eigenvalue weighted by Gasteiger charge is 2.18. The number of hydrogen-bond donors (Lipinski definition) is 3. The zero-order valence-electron chi connectivity index (χ0n) is 16.6. The molecule has 7 heteroatoms. The fourth-order valence-corrected chi connectivity index (χ4v) is 2.60. The molecule has 150 valence electrons. The average molecular weight is 404 g/mol. The highest BCUT2D eigenvalue weighted by molar-refractivity contribution is 6.32. The molecule has 2 amide bonds. The van der Waals surface area contributed by atoms with Crippen LogP contribution in [0.25, 0.3) is 0 Å². The molecule has 2 aromatic rings. The van der Waals surface area contributed by atoms with Gasteiger partial charge in [0.25, 0.3) is 5.91 Å². The summed E-state index contributed by atoms with van der Waals surface area (Å²) < 4.78 is 5.08. The Kier molecular flexibility index (Phi) is 7.29. The van der Waals surface area contributed by atoms with Crippen LogP contribution in [-0.2, 0) is 4.79 Å². The second kappa shape index (κ2) is 9.46. The van der Waals surface area contributed by atoms with Crippen LogP contribution in [0.15, 0.2) is 42.5 Å². The van der Waals surface area contributed by atoms with Gasteiger partial charge in [-0.2, -0.15) is 0 Å². The minimum atomic E-state index is -0.254. The average Bonchev–Trinajstić information content (AvgIpc) is 2.66. The topological polar surface area (TPSA) is 79.5 Å². The first kappa shape index (κ1) is 21.6. The van der Waals surface area contributed by atoms with E-state index in [1.807, 2.05) is 20.8 Å². The lowest BCUT2D eigenvalue weighted by Gasteiger charge is -2.24. The molecule has 0 saturated heterocycles. The molecule has 0 fully saturated rings. The van der Waals surface area contributed by atoms with Gasteiger partial charge in [-0.1, -0.05) is 18.5 Å². The molecular weight excluding hydrogens is 378 g/mol. The summed E-state index contributed by atoms with van der Waals surface area (Å²) >= 11 is 6.05. The van der Waals surface area contributed by atoms with Gasteiger partial charge in [0, 0.05) is 22.5 Å². The number of amides is 2. The third-order valence-corrected chi connectivity index (χ3v) is 4.67. The number of hydrogen-bond acceptors (Lipinski definition) is 4. The van der Waals surface area contributed by atoms with Crippen molar-refractivity contribution in [1.82, 2.24) is 5.32 Å². The van der Waals surface area contributed by atoms with Crippen molar-refractivity contribution in [1.29, 1.82) is 0 Å². The smallest absolute Gasteiger partial charge is 0.251 e. The van der Waals surface area contributed by atoms with Gasteiger partial charge in [0.05, 0.1) is 18.7 Å². The number of ether oxygens (including phenoxy) is 1. The molecule has 0 unspecified atom stereocenters. The maximum atomic E-state index is 12.3. The first-order valence-electron chi connectivity index (χ1n) is 9.04. The summed E-state index contributed by atoms with van der Waals surface area (Å²) in [5, 5.41) is 9.20. The lowest BCUT2D eigenvalue weighted by atomic mass is 10.0. The van der Waals surface area contributed by atoms with Gasteiger partial charge in [-0.25, -0.2) is 0 Å². The second-order valence-corrected chi connectivity index (χ2v) is 7.43. The normalized spacial score (nSPS) is 10.9. The minimum absolute atomic E-state index is 0.0814. The molecule has 6 nitrogen and oxygen atoms in total. The second-order valence-electron chi connectivity index (χ2n) is 7.02. The van der Waals surface area contributed by atoms with Crippen molar-refractivity contribution in [3.05, 3.63) is 53.1 Å². The summed E-state index contributed by atoms with van der Waals surface area (Å²) in [6.45, 7) is 6.07. The number of nitrogens with one attached hydrogen (secondary N) is 3. The van der Waals surface area contributed by atoms with Crippen LogP contribution < -0.4 is 20.7 Å². The summed E-state index contributed by atoms with van der Waals surface area (Å²) in [5.41, 5.74) is 1.65. The van der Waals surface area contributed by atoms with Gasteiger partial charge in [0.2, 0.25) is 5.91 Å². The molecule has 28 heavy (non-hydrogen) atoms. The third kappa shape index (κ3) is 6.16. The Bertz CT molecular complexity index is 835. The molecule has 2 rings (SSSR count). The molecule has 0 heterocycles. The van der Waals surface area contributed by atoms with Gasteiger partial charge in [-0.05, 0) is 62.7 Å². The van der Waals surface area contributed by atoms with E-state index in [9.17, 15) is 9.59 Å². The van der Waals surface area contributed by atoms with Crippen molar-refractivity contribution >= 4 is 34.8 Å². The molecule has 0 atom stereocenters. The first-order valence-corrected chi connectivity index (χ1v) is 9.41. The maximum Gasteiger partial charge on any atom is 0.251 e. The highest BCUT2D eigenvalue weighted by Crippen LogP contribution is 2.27. The molecule has 0 aliphatic rings. The van der Waals surface area contributed by atoms with Crippen molar-refractivity contribution in [2.45, 2.75) is 32.7 Å². The van der Waals surface area contributed by atoms with Crippen molar-refractivity contribution in [3.8, 4) is 5.75 Å². The molecule has 3 N–H and O–H groups in total. The van der Waals surface area contributed by atoms with Gasteiger partial charge in [-0.15, -0.1) is 0 Å². The standard InChI is InChI=1S/C21H26ClN3O3/c1-5-21(2,3)25-20(27)14-6-8-15(9-7-14)23-13-19(26)24-16-10-11-18(28-4)17(22)12-16/h6-12,23H,5,13H2,1-4H3,(H,24,26)(H,25,27).